The van der Waals surface area contributed by atoms with Gasteiger partial charge in [-0.1, -0.05) is 19.1 Å². The molecule has 0 aliphatic carbocycles. The Morgan fingerprint density at radius 2 is 1.84 bits per heavy atom. The molecule has 0 aliphatic heterocycles. The van der Waals surface area contributed by atoms with E-state index in [9.17, 15) is 4.79 Å². The zero-order valence-electron chi connectivity index (χ0n) is 14.9. The predicted molar refractivity (Wildman–Crippen MR) is 103 cm³/mol. The van der Waals surface area contributed by atoms with E-state index < -0.39 is 0 Å². The summed E-state index contributed by atoms with van der Waals surface area (Å²) in [4.78, 5) is 21.6. The molecule has 0 aliphatic rings. The highest BCUT2D eigenvalue weighted by Crippen LogP contribution is 2.12. The first-order valence-corrected chi connectivity index (χ1v) is 9.23. The Kier molecular flexibility index (Phi) is 7.40. The molecule has 0 unspecified atom stereocenters. The quantitative estimate of drug-likeness (QED) is 0.524. The number of hydrogen-bond acceptors (Lipinski definition) is 4. The van der Waals surface area contributed by atoms with Crippen molar-refractivity contribution in [2.45, 2.75) is 33.4 Å². The maximum Gasteiger partial charge on any atom is 0.251 e. The van der Waals surface area contributed by atoms with Gasteiger partial charge in [-0.3, -0.25) is 9.79 Å². The summed E-state index contributed by atoms with van der Waals surface area (Å²) in [7, 11) is 1.74. The molecular formula is C18H25N5OS. The second-order valence-corrected chi connectivity index (χ2v) is 6.61. The summed E-state index contributed by atoms with van der Waals surface area (Å²) in [5.41, 5.74) is 1.75. The second kappa shape index (κ2) is 9.78. The van der Waals surface area contributed by atoms with E-state index in [0.29, 0.717) is 25.2 Å². The summed E-state index contributed by atoms with van der Waals surface area (Å²) in [6.45, 7) is 5.95. The number of rotatable bonds is 7. The van der Waals surface area contributed by atoms with Crippen LogP contribution in [0.4, 0.5) is 0 Å². The van der Waals surface area contributed by atoms with E-state index in [4.69, 9.17) is 0 Å². The monoisotopic (exact) mass is 359 g/mol. The van der Waals surface area contributed by atoms with Crippen molar-refractivity contribution in [2.24, 2.45) is 4.99 Å². The molecule has 0 saturated carbocycles. The minimum atomic E-state index is -0.0469. The van der Waals surface area contributed by atoms with Crippen LogP contribution in [0, 0.1) is 0 Å². The fourth-order valence-corrected chi connectivity index (χ4v) is 3.00. The van der Waals surface area contributed by atoms with Crippen LogP contribution < -0.4 is 16.0 Å². The molecule has 25 heavy (non-hydrogen) atoms. The normalized spacial score (nSPS) is 11.2. The van der Waals surface area contributed by atoms with Crippen molar-refractivity contribution in [1.82, 2.24) is 20.9 Å². The molecule has 0 fully saturated rings. The van der Waals surface area contributed by atoms with E-state index in [1.807, 2.05) is 37.4 Å². The van der Waals surface area contributed by atoms with Crippen molar-refractivity contribution in [2.75, 3.05) is 13.6 Å². The maximum atomic E-state index is 11.8. The lowest BCUT2D eigenvalue weighted by Crippen LogP contribution is -2.36. The van der Waals surface area contributed by atoms with Crippen LogP contribution in [0.3, 0.4) is 0 Å². The van der Waals surface area contributed by atoms with Gasteiger partial charge in [0.15, 0.2) is 5.96 Å². The highest BCUT2D eigenvalue weighted by atomic mass is 32.1. The van der Waals surface area contributed by atoms with Gasteiger partial charge in [-0.2, -0.15) is 0 Å². The van der Waals surface area contributed by atoms with Crippen LogP contribution in [-0.4, -0.2) is 30.4 Å². The van der Waals surface area contributed by atoms with Gasteiger partial charge < -0.3 is 16.0 Å². The summed E-state index contributed by atoms with van der Waals surface area (Å²) in [6, 6.07) is 7.55. The van der Waals surface area contributed by atoms with Crippen molar-refractivity contribution < 1.29 is 4.79 Å². The molecule has 1 amide bonds. The second-order valence-electron chi connectivity index (χ2n) is 5.41. The van der Waals surface area contributed by atoms with E-state index >= 15 is 0 Å². The first-order valence-electron chi connectivity index (χ1n) is 8.41. The molecule has 134 valence electrons. The van der Waals surface area contributed by atoms with Gasteiger partial charge in [0, 0.05) is 36.8 Å². The van der Waals surface area contributed by atoms with Crippen LogP contribution in [0.2, 0.25) is 0 Å². The number of aliphatic imine (C=N–C) groups is 1. The molecule has 3 N–H and O–H groups in total. The Balaban J connectivity index is 1.82. The molecule has 6 nitrogen and oxygen atoms in total. The molecule has 7 heteroatoms. The number of amides is 1. The number of nitrogens with one attached hydrogen (secondary N) is 3. The number of hydrogen-bond donors (Lipinski definition) is 3. The first kappa shape index (κ1) is 18.9. The molecule has 1 heterocycles. The molecule has 2 rings (SSSR count). The average molecular weight is 359 g/mol. The van der Waals surface area contributed by atoms with Gasteiger partial charge in [0.1, 0.15) is 5.01 Å². The molecule has 1 aromatic carbocycles. The molecule has 0 spiro atoms. The molecule has 0 atom stereocenters. The zero-order valence-corrected chi connectivity index (χ0v) is 15.7. The number of carbonyl (C=O) groups excluding carboxylic acids is 1. The van der Waals surface area contributed by atoms with Crippen LogP contribution in [0.1, 0.15) is 39.7 Å². The van der Waals surface area contributed by atoms with Gasteiger partial charge in [-0.15, -0.1) is 11.3 Å². The summed E-state index contributed by atoms with van der Waals surface area (Å²) < 4.78 is 0. The zero-order chi connectivity index (χ0) is 18.1. The van der Waals surface area contributed by atoms with Gasteiger partial charge in [0.05, 0.1) is 6.54 Å². The van der Waals surface area contributed by atoms with Crippen LogP contribution in [0.25, 0.3) is 0 Å². The predicted octanol–water partition coefficient (Wildman–Crippen LogP) is 2.32. The van der Waals surface area contributed by atoms with E-state index in [-0.39, 0.29) is 5.91 Å². The highest BCUT2D eigenvalue weighted by molar-refractivity contribution is 7.11. The van der Waals surface area contributed by atoms with Gasteiger partial charge in [-0.05, 0) is 31.0 Å². The highest BCUT2D eigenvalue weighted by Gasteiger charge is 2.05. The lowest BCUT2D eigenvalue weighted by Gasteiger charge is -2.11. The number of benzene rings is 1. The fraction of sp³-hybridized carbons (Fsp3) is 0.389. The summed E-state index contributed by atoms with van der Waals surface area (Å²) in [5, 5.41) is 10.4. The van der Waals surface area contributed by atoms with Gasteiger partial charge >= 0.3 is 0 Å². The smallest absolute Gasteiger partial charge is 0.251 e. The number of carbonyl (C=O) groups is 1. The summed E-state index contributed by atoms with van der Waals surface area (Å²) >= 11 is 1.71. The van der Waals surface area contributed by atoms with Gasteiger partial charge in [0.2, 0.25) is 0 Å². The van der Waals surface area contributed by atoms with Crippen molar-refractivity contribution in [1.29, 1.82) is 0 Å². The fourth-order valence-electron chi connectivity index (χ4n) is 2.20. The van der Waals surface area contributed by atoms with Crippen molar-refractivity contribution in [3.05, 3.63) is 51.5 Å². The molecule has 1 aromatic heterocycles. The third-order valence-electron chi connectivity index (χ3n) is 3.59. The summed E-state index contributed by atoms with van der Waals surface area (Å²) in [5.74, 6) is 0.676. The Hall–Kier alpha value is -2.41. The van der Waals surface area contributed by atoms with E-state index in [2.05, 4.69) is 32.9 Å². The van der Waals surface area contributed by atoms with Crippen molar-refractivity contribution >= 4 is 23.2 Å². The SMILES string of the molecule is CCNC(=O)c1ccc(CNC(=NC)NCc2ncc(CC)s2)cc1. The minimum Gasteiger partial charge on any atom is -0.352 e. The number of aryl methyl sites for hydroxylation is 1. The van der Waals surface area contributed by atoms with Crippen molar-refractivity contribution in [3.63, 3.8) is 0 Å². The van der Waals surface area contributed by atoms with Gasteiger partial charge in [-0.25, -0.2) is 4.98 Å². The maximum absolute atomic E-state index is 11.8. The molecule has 0 bridgehead atoms. The van der Waals surface area contributed by atoms with E-state index in [1.165, 1.54) is 4.88 Å². The van der Waals surface area contributed by atoms with E-state index in [1.54, 1.807) is 18.4 Å². The van der Waals surface area contributed by atoms with Crippen LogP contribution >= 0.6 is 11.3 Å². The largest absolute Gasteiger partial charge is 0.352 e. The standard InChI is InChI=1S/C18H25N5OS/c1-4-15-11-21-16(25-15)12-23-18(19-3)22-10-13-6-8-14(9-7-13)17(24)20-5-2/h6-9,11H,4-5,10,12H2,1-3H3,(H,20,24)(H2,19,22,23). The van der Waals surface area contributed by atoms with Crippen LogP contribution in [-0.2, 0) is 19.5 Å². The van der Waals surface area contributed by atoms with E-state index in [0.717, 1.165) is 23.0 Å². The Morgan fingerprint density at radius 3 is 2.44 bits per heavy atom. The Labute approximate surface area is 152 Å². The number of thiazole rings is 1. The molecule has 0 radical (unpaired) electrons. The Morgan fingerprint density at radius 1 is 1.12 bits per heavy atom. The van der Waals surface area contributed by atoms with Crippen LogP contribution in [0.15, 0.2) is 35.5 Å². The minimum absolute atomic E-state index is 0.0469. The Bertz CT molecular complexity index is 709. The summed E-state index contributed by atoms with van der Waals surface area (Å²) in [6.07, 6.45) is 2.94. The lowest BCUT2D eigenvalue weighted by molar-refractivity contribution is 0.0956. The topological polar surface area (TPSA) is 78.4 Å². The van der Waals surface area contributed by atoms with Gasteiger partial charge in [0.25, 0.3) is 5.91 Å². The third kappa shape index (κ3) is 5.86. The molecular weight excluding hydrogens is 334 g/mol. The molecule has 0 saturated heterocycles. The third-order valence-corrected chi connectivity index (χ3v) is 4.74. The molecule has 2 aromatic rings. The number of nitrogens with zero attached hydrogens (tertiary/aromatic N) is 2. The lowest BCUT2D eigenvalue weighted by atomic mass is 10.1. The van der Waals surface area contributed by atoms with Crippen molar-refractivity contribution in [3.8, 4) is 0 Å². The van der Waals surface area contributed by atoms with Crippen LogP contribution in [0.5, 0.6) is 0 Å². The average Bonchev–Trinajstić information content (AvgIpc) is 3.10. The number of aromatic nitrogens is 1. The first-order chi connectivity index (χ1) is 12.2. The number of guanidine groups is 1.